The molecule has 0 N–H and O–H groups in total. The molecular formula is C18H17N3O4S2. The van der Waals surface area contributed by atoms with Gasteiger partial charge in [0.15, 0.2) is 5.78 Å². The molecule has 1 aromatic heterocycles. The molecule has 0 radical (unpaired) electrons. The van der Waals surface area contributed by atoms with Crippen molar-refractivity contribution in [1.29, 1.82) is 0 Å². The highest BCUT2D eigenvalue weighted by molar-refractivity contribution is 7.99. The Balaban J connectivity index is 1.64. The van der Waals surface area contributed by atoms with Gasteiger partial charge in [0.2, 0.25) is 15.9 Å². The van der Waals surface area contributed by atoms with Gasteiger partial charge in [-0.15, -0.1) is 10.2 Å². The number of nitrogens with zero attached hydrogens (tertiary/aromatic N) is 3. The quantitative estimate of drug-likeness (QED) is 0.442. The number of Topliss-reactive ketones (excluding diaryl/α,β-unsaturated/α-hetero) is 1. The number of rotatable bonds is 7. The lowest BCUT2D eigenvalue weighted by atomic mass is 10.1. The SMILES string of the molecule is CN(C)S(=O)(=O)c1ccc(C(=O)CSc2nnc(-c3ccccc3)o2)cc1. The lowest BCUT2D eigenvalue weighted by Gasteiger charge is -2.11. The van der Waals surface area contributed by atoms with E-state index in [1.807, 2.05) is 30.3 Å². The van der Waals surface area contributed by atoms with E-state index < -0.39 is 10.0 Å². The van der Waals surface area contributed by atoms with Crippen LogP contribution in [0.5, 0.6) is 0 Å². The highest BCUT2D eigenvalue weighted by Crippen LogP contribution is 2.24. The standard InChI is InChI=1S/C18H17N3O4S2/c1-21(2)27(23,24)15-10-8-13(9-11-15)16(22)12-26-18-20-19-17(25-18)14-6-4-3-5-7-14/h3-11H,12H2,1-2H3. The molecular weight excluding hydrogens is 386 g/mol. The van der Waals surface area contributed by atoms with Gasteiger partial charge in [-0.25, -0.2) is 12.7 Å². The van der Waals surface area contributed by atoms with Crippen molar-refractivity contribution in [3.63, 3.8) is 0 Å². The van der Waals surface area contributed by atoms with E-state index >= 15 is 0 Å². The fraction of sp³-hybridized carbons (Fsp3) is 0.167. The van der Waals surface area contributed by atoms with E-state index in [0.29, 0.717) is 16.7 Å². The van der Waals surface area contributed by atoms with Crippen LogP contribution in [0.1, 0.15) is 10.4 Å². The molecule has 0 aliphatic rings. The van der Waals surface area contributed by atoms with E-state index in [4.69, 9.17) is 4.42 Å². The van der Waals surface area contributed by atoms with Crippen LogP contribution in [0.25, 0.3) is 11.5 Å². The summed E-state index contributed by atoms with van der Waals surface area (Å²) < 4.78 is 30.8. The number of hydrogen-bond donors (Lipinski definition) is 0. The van der Waals surface area contributed by atoms with E-state index in [0.717, 1.165) is 21.6 Å². The summed E-state index contributed by atoms with van der Waals surface area (Å²) in [5, 5.41) is 8.21. The number of carbonyl (C=O) groups is 1. The number of hydrogen-bond acceptors (Lipinski definition) is 7. The van der Waals surface area contributed by atoms with Crippen molar-refractivity contribution in [2.45, 2.75) is 10.1 Å². The Bertz CT molecular complexity index is 1030. The average molecular weight is 403 g/mol. The fourth-order valence-corrected chi connectivity index (χ4v) is 3.76. The van der Waals surface area contributed by atoms with Crippen LogP contribution in [0.3, 0.4) is 0 Å². The van der Waals surface area contributed by atoms with Crippen molar-refractivity contribution in [3.05, 3.63) is 60.2 Å². The Morgan fingerprint density at radius 3 is 2.33 bits per heavy atom. The molecule has 0 amide bonds. The highest BCUT2D eigenvalue weighted by atomic mass is 32.2. The monoisotopic (exact) mass is 403 g/mol. The van der Waals surface area contributed by atoms with Crippen LogP contribution in [0.2, 0.25) is 0 Å². The van der Waals surface area contributed by atoms with Gasteiger partial charge in [0.1, 0.15) is 0 Å². The largest absolute Gasteiger partial charge is 0.411 e. The van der Waals surface area contributed by atoms with Gasteiger partial charge in [0, 0.05) is 25.2 Å². The molecule has 0 unspecified atom stereocenters. The van der Waals surface area contributed by atoms with Gasteiger partial charge >= 0.3 is 0 Å². The molecule has 0 spiro atoms. The molecule has 7 nitrogen and oxygen atoms in total. The first-order valence-electron chi connectivity index (χ1n) is 7.95. The van der Waals surface area contributed by atoms with Gasteiger partial charge in [-0.3, -0.25) is 4.79 Å². The zero-order valence-electron chi connectivity index (χ0n) is 14.7. The van der Waals surface area contributed by atoms with Gasteiger partial charge in [-0.05, 0) is 24.3 Å². The third-order valence-corrected chi connectivity index (χ3v) is 6.36. The summed E-state index contributed by atoms with van der Waals surface area (Å²) in [7, 11) is -0.600. The maximum Gasteiger partial charge on any atom is 0.277 e. The first-order valence-corrected chi connectivity index (χ1v) is 10.4. The molecule has 3 aromatic rings. The predicted octanol–water partition coefficient (Wildman–Crippen LogP) is 2.96. The lowest BCUT2D eigenvalue weighted by Crippen LogP contribution is -2.22. The van der Waals surface area contributed by atoms with Crippen molar-refractivity contribution in [1.82, 2.24) is 14.5 Å². The minimum Gasteiger partial charge on any atom is -0.411 e. The summed E-state index contributed by atoms with van der Waals surface area (Å²) in [5.74, 6) is 0.341. The second kappa shape index (κ2) is 8.03. The third kappa shape index (κ3) is 4.44. The number of aromatic nitrogens is 2. The van der Waals surface area contributed by atoms with E-state index in [-0.39, 0.29) is 16.4 Å². The predicted molar refractivity (Wildman–Crippen MR) is 102 cm³/mol. The molecule has 0 saturated heterocycles. The third-order valence-electron chi connectivity index (χ3n) is 3.71. The van der Waals surface area contributed by atoms with E-state index in [1.54, 1.807) is 0 Å². The van der Waals surface area contributed by atoms with Gasteiger partial charge in [0.25, 0.3) is 5.22 Å². The summed E-state index contributed by atoms with van der Waals surface area (Å²) in [6, 6.07) is 15.2. The Hall–Kier alpha value is -2.49. The van der Waals surface area contributed by atoms with Crippen molar-refractivity contribution < 1.29 is 17.6 Å². The summed E-state index contributed by atoms with van der Waals surface area (Å²) >= 11 is 1.14. The Morgan fingerprint density at radius 2 is 1.70 bits per heavy atom. The van der Waals surface area contributed by atoms with Gasteiger partial charge < -0.3 is 4.42 Å². The molecule has 3 rings (SSSR count). The summed E-state index contributed by atoms with van der Waals surface area (Å²) in [5.41, 5.74) is 1.23. The van der Waals surface area contributed by atoms with Gasteiger partial charge in [-0.2, -0.15) is 0 Å². The molecule has 9 heteroatoms. The highest BCUT2D eigenvalue weighted by Gasteiger charge is 2.18. The second-order valence-electron chi connectivity index (χ2n) is 5.76. The number of sulfonamides is 1. The Labute approximate surface area is 161 Å². The van der Waals surface area contributed by atoms with Crippen LogP contribution in [0, 0.1) is 0 Å². The maximum atomic E-state index is 12.3. The van der Waals surface area contributed by atoms with E-state index in [9.17, 15) is 13.2 Å². The first kappa shape index (κ1) is 19.3. The summed E-state index contributed by atoms with van der Waals surface area (Å²) in [6.07, 6.45) is 0. The van der Waals surface area contributed by atoms with Crippen molar-refractivity contribution in [3.8, 4) is 11.5 Å². The topological polar surface area (TPSA) is 93.4 Å². The number of carbonyl (C=O) groups excluding carboxylic acids is 1. The molecule has 0 bridgehead atoms. The Kier molecular flexibility index (Phi) is 5.73. The minimum absolute atomic E-state index is 0.107. The van der Waals surface area contributed by atoms with Crippen molar-refractivity contribution in [2.75, 3.05) is 19.8 Å². The Morgan fingerprint density at radius 1 is 1.04 bits per heavy atom. The van der Waals surface area contributed by atoms with Crippen molar-refractivity contribution in [2.24, 2.45) is 0 Å². The molecule has 0 atom stereocenters. The second-order valence-corrected chi connectivity index (χ2v) is 8.84. The van der Waals surface area contributed by atoms with Gasteiger partial charge in [-0.1, -0.05) is 42.1 Å². The van der Waals surface area contributed by atoms with E-state index in [2.05, 4.69) is 10.2 Å². The summed E-state index contributed by atoms with van der Waals surface area (Å²) in [4.78, 5) is 12.5. The molecule has 2 aromatic carbocycles. The molecule has 0 fully saturated rings. The van der Waals surface area contributed by atoms with Crippen LogP contribution < -0.4 is 0 Å². The fourth-order valence-electron chi connectivity index (χ4n) is 2.20. The molecule has 140 valence electrons. The van der Waals surface area contributed by atoms with Crippen LogP contribution in [0.15, 0.2) is 69.1 Å². The maximum absolute atomic E-state index is 12.3. The van der Waals surface area contributed by atoms with Gasteiger partial charge in [0.05, 0.1) is 10.6 Å². The molecule has 27 heavy (non-hydrogen) atoms. The molecule has 1 heterocycles. The van der Waals surface area contributed by atoms with Crippen LogP contribution >= 0.6 is 11.8 Å². The van der Waals surface area contributed by atoms with Crippen molar-refractivity contribution >= 4 is 27.6 Å². The lowest BCUT2D eigenvalue weighted by molar-refractivity contribution is 0.102. The zero-order valence-corrected chi connectivity index (χ0v) is 16.3. The van der Waals surface area contributed by atoms with Crippen LogP contribution in [-0.2, 0) is 10.0 Å². The summed E-state index contributed by atoms with van der Waals surface area (Å²) in [6.45, 7) is 0. The molecule has 0 saturated carbocycles. The average Bonchev–Trinajstić information content (AvgIpc) is 3.16. The van der Waals surface area contributed by atoms with E-state index in [1.165, 1.54) is 38.4 Å². The number of thioether (sulfide) groups is 1. The van der Waals surface area contributed by atoms with Crippen LogP contribution in [0.4, 0.5) is 0 Å². The molecule has 0 aliphatic heterocycles. The first-order chi connectivity index (χ1) is 12.9. The number of benzene rings is 2. The number of ketones is 1. The van der Waals surface area contributed by atoms with Crippen LogP contribution in [-0.4, -0.2) is 48.6 Å². The smallest absolute Gasteiger partial charge is 0.277 e. The normalized spacial score (nSPS) is 11.7. The minimum atomic E-state index is -3.51. The zero-order chi connectivity index (χ0) is 19.4. The molecule has 0 aliphatic carbocycles.